The molecule has 2 aromatic carbocycles. The first-order valence-corrected chi connectivity index (χ1v) is 8.25. The lowest BCUT2D eigenvalue weighted by atomic mass is 10.1. The third-order valence-corrected chi connectivity index (χ3v) is 4.60. The molecule has 0 N–H and O–H groups in total. The van der Waals surface area contributed by atoms with Gasteiger partial charge in [-0.15, -0.1) is 0 Å². The second-order valence-corrected chi connectivity index (χ2v) is 5.99. The summed E-state index contributed by atoms with van der Waals surface area (Å²) in [5.41, 5.74) is 2.59. The topological polar surface area (TPSA) is 32.8 Å². The molecule has 2 aliphatic rings. The fraction of sp³-hybridized carbons (Fsp3) is 0.316. The van der Waals surface area contributed by atoms with Crippen molar-refractivity contribution in [2.45, 2.75) is 19.8 Å². The fourth-order valence-corrected chi connectivity index (χ4v) is 3.40. The summed E-state index contributed by atoms with van der Waals surface area (Å²) in [6.45, 7) is 4.73. The van der Waals surface area contributed by atoms with E-state index in [-0.39, 0.29) is 5.91 Å². The Kier molecular flexibility index (Phi) is 3.45. The molecule has 0 radical (unpaired) electrons. The Morgan fingerprint density at radius 1 is 1.04 bits per heavy atom. The van der Waals surface area contributed by atoms with Gasteiger partial charge in [0.25, 0.3) is 5.91 Å². The van der Waals surface area contributed by atoms with Crippen LogP contribution in [0, 0.1) is 0 Å². The summed E-state index contributed by atoms with van der Waals surface area (Å²) in [5, 5.41) is 0. The number of amides is 1. The second kappa shape index (κ2) is 5.61. The van der Waals surface area contributed by atoms with Crippen LogP contribution in [0.25, 0.3) is 0 Å². The van der Waals surface area contributed by atoms with Crippen molar-refractivity contribution >= 4 is 17.3 Å². The molecule has 0 unspecified atom stereocenters. The summed E-state index contributed by atoms with van der Waals surface area (Å²) in [6, 6.07) is 13.7. The maximum atomic E-state index is 13.0. The molecule has 0 saturated carbocycles. The smallest absolute Gasteiger partial charge is 0.262 e. The fourth-order valence-electron chi connectivity index (χ4n) is 3.40. The highest BCUT2D eigenvalue weighted by atomic mass is 16.5. The lowest BCUT2D eigenvalue weighted by Crippen LogP contribution is -2.30. The van der Waals surface area contributed by atoms with Gasteiger partial charge < -0.3 is 14.5 Å². The van der Waals surface area contributed by atoms with E-state index < -0.39 is 0 Å². The van der Waals surface area contributed by atoms with Crippen LogP contribution in [0.1, 0.15) is 30.1 Å². The van der Waals surface area contributed by atoms with E-state index >= 15 is 0 Å². The van der Waals surface area contributed by atoms with Crippen LogP contribution in [0.4, 0.5) is 11.4 Å². The van der Waals surface area contributed by atoms with Gasteiger partial charge >= 0.3 is 0 Å². The Balaban J connectivity index is 1.81. The maximum absolute atomic E-state index is 13.0. The van der Waals surface area contributed by atoms with E-state index in [2.05, 4.69) is 11.0 Å². The molecular formula is C19H20N2O2. The number of anilines is 2. The second-order valence-electron chi connectivity index (χ2n) is 5.99. The first-order chi connectivity index (χ1) is 11.3. The van der Waals surface area contributed by atoms with Gasteiger partial charge in [-0.3, -0.25) is 4.79 Å². The van der Waals surface area contributed by atoms with Crippen LogP contribution in [-0.4, -0.2) is 25.5 Å². The molecule has 118 valence electrons. The molecule has 0 bridgehead atoms. The standard InChI is InChI=1S/C19H20N2O2/c1-2-21-16-7-3-4-8-18(16)23-17-10-9-14(13-15(17)19(21)22)20-11-5-6-12-20/h3-4,7-10,13H,2,5-6,11-12H2,1H3. The van der Waals surface area contributed by atoms with Crippen molar-refractivity contribution in [1.29, 1.82) is 0 Å². The van der Waals surface area contributed by atoms with Crippen molar-refractivity contribution in [3.63, 3.8) is 0 Å². The highest BCUT2D eigenvalue weighted by Gasteiger charge is 2.28. The molecule has 4 nitrogen and oxygen atoms in total. The predicted molar refractivity (Wildman–Crippen MR) is 91.8 cm³/mol. The number of nitrogens with zero attached hydrogens (tertiary/aromatic N) is 2. The monoisotopic (exact) mass is 308 g/mol. The van der Waals surface area contributed by atoms with Crippen LogP contribution in [0.3, 0.4) is 0 Å². The van der Waals surface area contributed by atoms with E-state index in [0.717, 1.165) is 30.2 Å². The third kappa shape index (κ3) is 2.34. The molecule has 1 fully saturated rings. The SMILES string of the molecule is CCN1C(=O)c2cc(N3CCCC3)ccc2Oc2ccccc21. The Hall–Kier alpha value is -2.49. The van der Waals surface area contributed by atoms with Gasteiger partial charge in [0.2, 0.25) is 0 Å². The number of fused-ring (bicyclic) bond motifs is 2. The number of hydrogen-bond donors (Lipinski definition) is 0. The van der Waals surface area contributed by atoms with Crippen molar-refractivity contribution in [3.8, 4) is 11.5 Å². The van der Waals surface area contributed by atoms with Gasteiger partial charge in [-0.25, -0.2) is 0 Å². The van der Waals surface area contributed by atoms with Crippen LogP contribution in [0.2, 0.25) is 0 Å². The molecule has 23 heavy (non-hydrogen) atoms. The lowest BCUT2D eigenvalue weighted by Gasteiger charge is -2.21. The summed E-state index contributed by atoms with van der Waals surface area (Å²) in [6.07, 6.45) is 2.43. The summed E-state index contributed by atoms with van der Waals surface area (Å²) in [4.78, 5) is 17.1. The Labute approximate surface area is 136 Å². The first-order valence-electron chi connectivity index (χ1n) is 8.25. The molecule has 1 amide bonds. The molecule has 4 heteroatoms. The number of ether oxygens (including phenoxy) is 1. The minimum atomic E-state index is 0.00787. The van der Waals surface area contributed by atoms with Crippen LogP contribution >= 0.6 is 0 Å². The van der Waals surface area contributed by atoms with E-state index in [4.69, 9.17) is 4.74 Å². The maximum Gasteiger partial charge on any atom is 0.262 e. The molecule has 0 atom stereocenters. The summed E-state index contributed by atoms with van der Waals surface area (Å²) >= 11 is 0. The third-order valence-electron chi connectivity index (χ3n) is 4.60. The van der Waals surface area contributed by atoms with Crippen molar-refractivity contribution in [3.05, 3.63) is 48.0 Å². The van der Waals surface area contributed by atoms with Crippen LogP contribution < -0.4 is 14.5 Å². The number of para-hydroxylation sites is 2. The zero-order valence-corrected chi connectivity index (χ0v) is 13.3. The van der Waals surface area contributed by atoms with Gasteiger partial charge in [0, 0.05) is 25.3 Å². The van der Waals surface area contributed by atoms with E-state index in [9.17, 15) is 4.79 Å². The van der Waals surface area contributed by atoms with Gasteiger partial charge in [0.1, 0.15) is 5.75 Å². The van der Waals surface area contributed by atoms with E-state index in [1.54, 1.807) is 4.90 Å². The van der Waals surface area contributed by atoms with Crippen LogP contribution in [-0.2, 0) is 0 Å². The molecule has 2 aliphatic heterocycles. The lowest BCUT2D eigenvalue weighted by molar-refractivity contribution is 0.0988. The van der Waals surface area contributed by atoms with E-state index in [1.807, 2.05) is 43.3 Å². The van der Waals surface area contributed by atoms with Crippen molar-refractivity contribution in [2.75, 3.05) is 29.4 Å². The van der Waals surface area contributed by atoms with Crippen LogP contribution in [0.5, 0.6) is 11.5 Å². The van der Waals surface area contributed by atoms with Gasteiger partial charge in [-0.05, 0) is 50.1 Å². The minimum absolute atomic E-state index is 0.00787. The normalized spacial score (nSPS) is 16.7. The number of benzene rings is 2. The quantitative estimate of drug-likeness (QED) is 0.839. The molecule has 1 saturated heterocycles. The predicted octanol–water partition coefficient (Wildman–Crippen LogP) is 4.06. The highest BCUT2D eigenvalue weighted by molar-refractivity contribution is 6.10. The number of hydrogen-bond acceptors (Lipinski definition) is 3. The summed E-state index contributed by atoms with van der Waals surface area (Å²) in [5.74, 6) is 1.38. The van der Waals surface area contributed by atoms with Crippen molar-refractivity contribution < 1.29 is 9.53 Å². The molecular weight excluding hydrogens is 288 g/mol. The first kappa shape index (κ1) is 14.1. The van der Waals surface area contributed by atoms with E-state index in [0.29, 0.717) is 17.9 Å². The minimum Gasteiger partial charge on any atom is -0.454 e. The summed E-state index contributed by atoms with van der Waals surface area (Å²) < 4.78 is 6.04. The van der Waals surface area contributed by atoms with Gasteiger partial charge in [0.15, 0.2) is 5.75 Å². The molecule has 2 heterocycles. The zero-order valence-electron chi connectivity index (χ0n) is 13.3. The Morgan fingerprint density at radius 2 is 1.83 bits per heavy atom. The average molecular weight is 308 g/mol. The number of carbonyl (C=O) groups excluding carboxylic acids is 1. The molecule has 4 rings (SSSR count). The van der Waals surface area contributed by atoms with Gasteiger partial charge in [0.05, 0.1) is 11.3 Å². The Bertz CT molecular complexity index is 751. The van der Waals surface area contributed by atoms with Crippen molar-refractivity contribution in [1.82, 2.24) is 0 Å². The van der Waals surface area contributed by atoms with Gasteiger partial charge in [-0.1, -0.05) is 12.1 Å². The molecule has 0 spiro atoms. The zero-order chi connectivity index (χ0) is 15.8. The molecule has 0 aromatic heterocycles. The summed E-state index contributed by atoms with van der Waals surface area (Å²) in [7, 11) is 0. The molecule has 0 aliphatic carbocycles. The van der Waals surface area contributed by atoms with Crippen molar-refractivity contribution in [2.24, 2.45) is 0 Å². The largest absolute Gasteiger partial charge is 0.454 e. The van der Waals surface area contributed by atoms with Gasteiger partial charge in [-0.2, -0.15) is 0 Å². The average Bonchev–Trinajstić information content (AvgIpc) is 3.08. The number of carbonyl (C=O) groups is 1. The number of rotatable bonds is 2. The van der Waals surface area contributed by atoms with Crippen LogP contribution in [0.15, 0.2) is 42.5 Å². The molecule has 2 aromatic rings. The highest BCUT2D eigenvalue weighted by Crippen LogP contribution is 2.40. The van der Waals surface area contributed by atoms with E-state index in [1.165, 1.54) is 12.8 Å². The Morgan fingerprint density at radius 3 is 2.61 bits per heavy atom.